The van der Waals surface area contributed by atoms with Gasteiger partial charge in [0, 0.05) is 5.56 Å². The summed E-state index contributed by atoms with van der Waals surface area (Å²) in [5.74, 6) is 2.54. The van der Waals surface area contributed by atoms with Crippen LogP contribution in [-0.2, 0) is 13.0 Å². The SMILES string of the molecule is COc1ccc([C@H]2C3=C(N=c4s/c(=C\c5cc(I)c(OCc6ccccc6)c(OC)c5)c(=O)n42)c2ccccc2CC3)cc1OC. The van der Waals surface area contributed by atoms with Gasteiger partial charge >= 0.3 is 0 Å². The zero-order chi connectivity index (χ0) is 31.8. The van der Waals surface area contributed by atoms with Crippen LogP contribution in [0.4, 0.5) is 0 Å². The molecule has 0 amide bonds. The molecule has 1 aliphatic carbocycles. The van der Waals surface area contributed by atoms with Crippen LogP contribution in [0.15, 0.2) is 100 Å². The van der Waals surface area contributed by atoms with E-state index in [-0.39, 0.29) is 11.6 Å². The number of halogens is 1. The van der Waals surface area contributed by atoms with Crippen molar-refractivity contribution in [2.24, 2.45) is 4.99 Å². The van der Waals surface area contributed by atoms with Crippen LogP contribution in [0.2, 0.25) is 0 Å². The summed E-state index contributed by atoms with van der Waals surface area (Å²) >= 11 is 3.66. The number of methoxy groups -OCH3 is 3. The van der Waals surface area contributed by atoms with Gasteiger partial charge in [-0.2, -0.15) is 0 Å². The summed E-state index contributed by atoms with van der Waals surface area (Å²) in [6.07, 6.45) is 3.60. The molecule has 5 aromatic rings. The van der Waals surface area contributed by atoms with Crippen molar-refractivity contribution in [2.75, 3.05) is 21.3 Å². The van der Waals surface area contributed by atoms with Gasteiger partial charge in [0.1, 0.15) is 6.61 Å². The smallest absolute Gasteiger partial charge is 0.271 e. The highest BCUT2D eigenvalue weighted by molar-refractivity contribution is 14.1. The van der Waals surface area contributed by atoms with Crippen molar-refractivity contribution in [3.63, 3.8) is 0 Å². The van der Waals surface area contributed by atoms with Crippen LogP contribution in [-0.4, -0.2) is 25.9 Å². The topological polar surface area (TPSA) is 71.3 Å². The van der Waals surface area contributed by atoms with Crippen molar-refractivity contribution in [1.82, 2.24) is 4.57 Å². The Hall–Kier alpha value is -4.35. The van der Waals surface area contributed by atoms with Gasteiger partial charge < -0.3 is 18.9 Å². The van der Waals surface area contributed by atoms with Crippen LogP contribution < -0.4 is 33.8 Å². The normalized spacial score (nSPS) is 15.4. The number of benzene rings is 4. The molecule has 0 radical (unpaired) electrons. The minimum atomic E-state index is -0.329. The molecule has 2 aliphatic rings. The molecule has 1 aliphatic heterocycles. The molecule has 7 nitrogen and oxygen atoms in total. The molecule has 0 N–H and O–H groups in total. The van der Waals surface area contributed by atoms with Gasteiger partial charge in [-0.15, -0.1) is 0 Å². The molecule has 46 heavy (non-hydrogen) atoms. The molecule has 0 fully saturated rings. The molecule has 1 atom stereocenters. The largest absolute Gasteiger partial charge is 0.493 e. The van der Waals surface area contributed by atoms with Gasteiger partial charge in [0.15, 0.2) is 27.8 Å². The van der Waals surface area contributed by atoms with E-state index in [0.29, 0.717) is 38.9 Å². The predicted molar refractivity (Wildman–Crippen MR) is 189 cm³/mol. The van der Waals surface area contributed by atoms with E-state index < -0.39 is 0 Å². The maximum absolute atomic E-state index is 14.3. The number of thiazole rings is 1. The Morgan fingerprint density at radius 3 is 2.43 bits per heavy atom. The van der Waals surface area contributed by atoms with E-state index in [4.69, 9.17) is 23.9 Å². The third-order valence-electron chi connectivity index (χ3n) is 8.37. The Kier molecular flexibility index (Phi) is 8.44. The van der Waals surface area contributed by atoms with Crippen LogP contribution in [0.3, 0.4) is 0 Å². The van der Waals surface area contributed by atoms with E-state index in [1.807, 2.05) is 77.4 Å². The summed E-state index contributed by atoms with van der Waals surface area (Å²) < 4.78 is 26.4. The number of allylic oxidation sites excluding steroid dienone is 1. The zero-order valence-electron chi connectivity index (χ0n) is 25.6. The number of fused-ring (bicyclic) bond motifs is 3. The number of ether oxygens (including phenoxy) is 4. The average molecular weight is 743 g/mol. The summed E-state index contributed by atoms with van der Waals surface area (Å²) in [6, 6.07) is 27.9. The summed E-state index contributed by atoms with van der Waals surface area (Å²) in [6.45, 7) is 0.426. The van der Waals surface area contributed by atoms with Crippen molar-refractivity contribution in [3.8, 4) is 23.0 Å². The van der Waals surface area contributed by atoms with E-state index in [1.54, 1.807) is 21.3 Å². The zero-order valence-corrected chi connectivity index (χ0v) is 28.6. The molecule has 1 aromatic heterocycles. The minimum absolute atomic E-state index is 0.0904. The van der Waals surface area contributed by atoms with Gasteiger partial charge in [-0.3, -0.25) is 9.36 Å². The van der Waals surface area contributed by atoms with Crippen LogP contribution >= 0.6 is 33.9 Å². The highest BCUT2D eigenvalue weighted by Crippen LogP contribution is 2.43. The first kappa shape index (κ1) is 30.3. The quantitative estimate of drug-likeness (QED) is 0.169. The molecule has 0 saturated heterocycles. The number of aromatic nitrogens is 1. The van der Waals surface area contributed by atoms with Gasteiger partial charge in [0.25, 0.3) is 5.56 Å². The highest BCUT2D eigenvalue weighted by atomic mass is 127. The molecule has 0 unspecified atom stereocenters. The lowest BCUT2D eigenvalue weighted by molar-refractivity contribution is 0.282. The Morgan fingerprint density at radius 2 is 1.65 bits per heavy atom. The van der Waals surface area contributed by atoms with Crippen molar-refractivity contribution in [2.45, 2.75) is 25.5 Å². The van der Waals surface area contributed by atoms with E-state index in [0.717, 1.165) is 49.9 Å². The van der Waals surface area contributed by atoms with E-state index in [9.17, 15) is 4.79 Å². The second kappa shape index (κ2) is 12.8. The molecule has 9 heteroatoms. The fraction of sp³-hybridized carbons (Fsp3) is 0.189. The maximum atomic E-state index is 14.3. The molecule has 7 rings (SSSR count). The first-order valence-electron chi connectivity index (χ1n) is 14.9. The number of rotatable bonds is 8. The second-order valence-corrected chi connectivity index (χ2v) is 13.2. The second-order valence-electron chi connectivity index (χ2n) is 11.0. The molecular weight excluding hydrogens is 711 g/mol. The van der Waals surface area contributed by atoms with E-state index >= 15 is 0 Å². The molecule has 0 spiro atoms. The summed E-state index contributed by atoms with van der Waals surface area (Å²) in [5, 5.41) is 0. The standard InChI is InChI=1S/C37H31IN2O5S/c1-42-29-16-14-25(20-30(29)43-2)34-27-15-13-24-11-7-8-12-26(24)33(27)39-37-40(34)36(41)32(46-37)19-23-17-28(38)35(31(18-23)44-3)45-21-22-9-5-4-6-10-22/h4-12,14,16-20,34H,13,15,21H2,1-3H3/b32-19-/t34-/m0/s1. The van der Waals surface area contributed by atoms with Crippen LogP contribution in [0.1, 0.15) is 40.3 Å². The Balaban J connectivity index is 1.35. The van der Waals surface area contributed by atoms with Gasteiger partial charge in [-0.05, 0) is 93.6 Å². The summed E-state index contributed by atoms with van der Waals surface area (Å²) in [4.78, 5) is 20.1. The molecule has 4 aromatic carbocycles. The molecule has 0 bridgehead atoms. The van der Waals surface area contributed by atoms with Gasteiger partial charge in [-0.25, -0.2) is 4.99 Å². The Morgan fingerprint density at radius 1 is 0.891 bits per heavy atom. The molecule has 2 heterocycles. The molecule has 232 valence electrons. The number of hydrogen-bond acceptors (Lipinski definition) is 7. The Bertz CT molecular complexity index is 2170. The van der Waals surface area contributed by atoms with Crippen molar-refractivity contribution in [3.05, 3.63) is 142 Å². The van der Waals surface area contributed by atoms with Gasteiger partial charge in [-0.1, -0.05) is 72.0 Å². The van der Waals surface area contributed by atoms with Crippen molar-refractivity contribution < 1.29 is 18.9 Å². The average Bonchev–Trinajstić information content (AvgIpc) is 3.40. The number of hydrogen-bond donors (Lipinski definition) is 0. The van der Waals surface area contributed by atoms with Gasteiger partial charge in [0.2, 0.25) is 0 Å². The number of aryl methyl sites for hydroxylation is 1. The van der Waals surface area contributed by atoms with Crippen LogP contribution in [0.5, 0.6) is 23.0 Å². The fourth-order valence-electron chi connectivity index (χ4n) is 6.19. The van der Waals surface area contributed by atoms with Crippen molar-refractivity contribution in [1.29, 1.82) is 0 Å². The summed E-state index contributed by atoms with van der Waals surface area (Å²) in [5.41, 5.74) is 7.24. The minimum Gasteiger partial charge on any atom is -0.493 e. The maximum Gasteiger partial charge on any atom is 0.271 e. The van der Waals surface area contributed by atoms with E-state index in [1.165, 1.54) is 16.9 Å². The monoisotopic (exact) mass is 742 g/mol. The summed E-state index contributed by atoms with van der Waals surface area (Å²) in [7, 11) is 4.88. The van der Waals surface area contributed by atoms with Gasteiger partial charge in [0.05, 0.1) is 41.2 Å². The van der Waals surface area contributed by atoms with Crippen LogP contribution in [0, 0.1) is 3.57 Å². The number of nitrogens with zero attached hydrogens (tertiary/aromatic N) is 2. The first-order chi connectivity index (χ1) is 22.5. The third-order valence-corrected chi connectivity index (χ3v) is 10.2. The fourth-order valence-corrected chi connectivity index (χ4v) is 7.97. The lowest BCUT2D eigenvalue weighted by Gasteiger charge is -2.31. The lowest BCUT2D eigenvalue weighted by Crippen LogP contribution is -2.38. The molecular formula is C37H31IN2O5S. The van der Waals surface area contributed by atoms with E-state index in [2.05, 4.69) is 40.8 Å². The first-order valence-corrected chi connectivity index (χ1v) is 16.8. The lowest BCUT2D eigenvalue weighted by atomic mass is 9.83. The third kappa shape index (κ3) is 5.51. The highest BCUT2D eigenvalue weighted by Gasteiger charge is 2.33. The van der Waals surface area contributed by atoms with Crippen molar-refractivity contribution >= 4 is 45.7 Å². The van der Waals surface area contributed by atoms with Crippen LogP contribution in [0.25, 0.3) is 11.8 Å². The Labute approximate surface area is 284 Å². The predicted octanol–water partition coefficient (Wildman–Crippen LogP) is 6.53. The molecule has 0 saturated carbocycles.